The molecule has 0 aromatic heterocycles. The van der Waals surface area contributed by atoms with Crippen LogP contribution in [-0.4, -0.2) is 17.2 Å². The minimum Gasteiger partial charge on any atom is -0.333 e. The monoisotopic (exact) mass is 209 g/mol. The second-order valence-electron chi connectivity index (χ2n) is 3.57. The Morgan fingerprint density at radius 1 is 1.43 bits per heavy atom. The van der Waals surface area contributed by atoms with Crippen LogP contribution in [0.5, 0.6) is 0 Å². The van der Waals surface area contributed by atoms with Gasteiger partial charge in [0.25, 0.3) is 5.24 Å². The average molecular weight is 209 g/mol. The van der Waals surface area contributed by atoms with Gasteiger partial charge in [-0.25, -0.2) is 0 Å². The fraction of sp³-hybridized carbons (Fsp3) is 0.364. The third kappa shape index (κ3) is 2.77. The molecule has 2 nitrogen and oxygen atoms in total. The Morgan fingerprint density at radius 3 is 2.64 bits per heavy atom. The normalized spacial score (nSPS) is 10.0. The summed E-state index contributed by atoms with van der Waals surface area (Å²) in [4.78, 5) is 12.5. The largest absolute Gasteiger partial charge is 0.333 e. The lowest BCUT2D eigenvalue weighted by atomic mass is 10.1. The smallest absolute Gasteiger partial charge is 0.278 e. The summed E-state index contributed by atoms with van der Waals surface area (Å²) >= 11 is 3.77. The second kappa shape index (κ2) is 4.51. The first-order valence-electron chi connectivity index (χ1n) is 4.51. The zero-order valence-corrected chi connectivity index (χ0v) is 9.64. The van der Waals surface area contributed by atoms with Gasteiger partial charge in [-0.15, -0.1) is 0 Å². The molecule has 0 N–H and O–H groups in total. The number of thiol groups is 1. The van der Waals surface area contributed by atoms with Gasteiger partial charge in [0.2, 0.25) is 0 Å². The number of aryl methyl sites for hydroxylation is 2. The lowest BCUT2D eigenvalue weighted by Crippen LogP contribution is -2.20. The van der Waals surface area contributed by atoms with Crippen LogP contribution in [0.25, 0.3) is 0 Å². The van der Waals surface area contributed by atoms with E-state index in [1.165, 1.54) is 16.7 Å². The van der Waals surface area contributed by atoms with E-state index in [0.717, 1.165) is 0 Å². The molecule has 0 aliphatic heterocycles. The molecule has 1 aromatic carbocycles. The zero-order valence-electron chi connectivity index (χ0n) is 8.74. The van der Waals surface area contributed by atoms with Crippen molar-refractivity contribution < 1.29 is 4.79 Å². The number of carbonyl (C=O) groups is 1. The first-order valence-corrected chi connectivity index (χ1v) is 4.95. The van der Waals surface area contributed by atoms with E-state index in [-0.39, 0.29) is 5.24 Å². The topological polar surface area (TPSA) is 20.3 Å². The van der Waals surface area contributed by atoms with Crippen molar-refractivity contribution >= 4 is 17.9 Å². The van der Waals surface area contributed by atoms with Crippen LogP contribution in [0.15, 0.2) is 18.2 Å². The summed E-state index contributed by atoms with van der Waals surface area (Å²) in [7, 11) is 1.75. The van der Waals surface area contributed by atoms with Crippen LogP contribution in [0.4, 0.5) is 4.79 Å². The van der Waals surface area contributed by atoms with Crippen molar-refractivity contribution in [1.29, 1.82) is 0 Å². The number of rotatable bonds is 2. The summed E-state index contributed by atoms with van der Waals surface area (Å²) in [5.74, 6) is 0. The van der Waals surface area contributed by atoms with E-state index in [0.29, 0.717) is 6.54 Å². The molecule has 0 spiro atoms. The van der Waals surface area contributed by atoms with E-state index in [2.05, 4.69) is 30.8 Å². The summed E-state index contributed by atoms with van der Waals surface area (Å²) in [6, 6.07) is 6.24. The SMILES string of the molecule is Cc1ccc(C)c(CN(C)C(=O)S)c1. The lowest BCUT2D eigenvalue weighted by Gasteiger charge is -2.16. The fourth-order valence-electron chi connectivity index (χ4n) is 1.29. The Labute approximate surface area is 90.3 Å². The summed E-state index contributed by atoms with van der Waals surface area (Å²) in [5.41, 5.74) is 3.59. The first-order chi connectivity index (χ1) is 6.50. The van der Waals surface area contributed by atoms with Crippen molar-refractivity contribution in [3.63, 3.8) is 0 Å². The van der Waals surface area contributed by atoms with Gasteiger partial charge in [-0.05, 0) is 25.0 Å². The minimum atomic E-state index is -0.203. The van der Waals surface area contributed by atoms with Crippen molar-refractivity contribution in [3.8, 4) is 0 Å². The summed E-state index contributed by atoms with van der Waals surface area (Å²) in [6.07, 6.45) is 0. The average Bonchev–Trinajstić information content (AvgIpc) is 2.11. The van der Waals surface area contributed by atoms with E-state index >= 15 is 0 Å². The summed E-state index contributed by atoms with van der Waals surface area (Å²) in [5, 5.41) is -0.203. The number of amides is 1. The molecule has 0 unspecified atom stereocenters. The maximum atomic E-state index is 10.9. The van der Waals surface area contributed by atoms with E-state index < -0.39 is 0 Å². The van der Waals surface area contributed by atoms with Gasteiger partial charge in [0.1, 0.15) is 0 Å². The molecule has 0 aliphatic carbocycles. The first kappa shape index (κ1) is 11.1. The molecule has 1 rings (SSSR count). The van der Waals surface area contributed by atoms with Crippen LogP contribution in [0.2, 0.25) is 0 Å². The molecular formula is C11H15NOS. The Morgan fingerprint density at radius 2 is 2.07 bits per heavy atom. The lowest BCUT2D eigenvalue weighted by molar-refractivity contribution is 0.232. The molecule has 76 valence electrons. The predicted octanol–water partition coefficient (Wildman–Crippen LogP) is 2.79. The van der Waals surface area contributed by atoms with Gasteiger partial charge < -0.3 is 4.90 Å². The molecule has 0 radical (unpaired) electrons. The van der Waals surface area contributed by atoms with Gasteiger partial charge in [0.05, 0.1) is 0 Å². The highest BCUT2D eigenvalue weighted by Gasteiger charge is 2.06. The van der Waals surface area contributed by atoms with Crippen LogP contribution in [0.3, 0.4) is 0 Å². The van der Waals surface area contributed by atoms with E-state index in [9.17, 15) is 4.79 Å². The molecular weight excluding hydrogens is 194 g/mol. The van der Waals surface area contributed by atoms with Crippen LogP contribution >= 0.6 is 12.6 Å². The zero-order chi connectivity index (χ0) is 10.7. The second-order valence-corrected chi connectivity index (χ2v) is 3.95. The molecule has 0 saturated carbocycles. The number of hydrogen-bond acceptors (Lipinski definition) is 1. The van der Waals surface area contributed by atoms with Crippen molar-refractivity contribution in [2.75, 3.05) is 7.05 Å². The summed E-state index contributed by atoms with van der Waals surface area (Å²) in [6.45, 7) is 4.72. The highest BCUT2D eigenvalue weighted by Crippen LogP contribution is 2.13. The number of carbonyl (C=O) groups excluding carboxylic acids is 1. The number of hydrogen-bond donors (Lipinski definition) is 1. The van der Waals surface area contributed by atoms with E-state index in [4.69, 9.17) is 0 Å². The van der Waals surface area contributed by atoms with Crippen molar-refractivity contribution in [1.82, 2.24) is 4.90 Å². The van der Waals surface area contributed by atoms with Crippen molar-refractivity contribution in [2.45, 2.75) is 20.4 Å². The third-order valence-corrected chi connectivity index (χ3v) is 2.58. The molecule has 0 aliphatic rings. The van der Waals surface area contributed by atoms with Crippen LogP contribution in [0, 0.1) is 13.8 Å². The Bertz CT molecular complexity index is 349. The van der Waals surface area contributed by atoms with Gasteiger partial charge in [0.15, 0.2) is 0 Å². The molecule has 1 amide bonds. The van der Waals surface area contributed by atoms with Gasteiger partial charge in [-0.1, -0.05) is 36.4 Å². The Hall–Kier alpha value is -0.960. The minimum absolute atomic E-state index is 0.203. The maximum Gasteiger partial charge on any atom is 0.278 e. The molecule has 0 heterocycles. The van der Waals surface area contributed by atoms with Gasteiger partial charge in [0, 0.05) is 13.6 Å². The molecule has 0 saturated heterocycles. The quantitative estimate of drug-likeness (QED) is 0.743. The van der Waals surface area contributed by atoms with E-state index in [1.54, 1.807) is 11.9 Å². The van der Waals surface area contributed by atoms with Crippen molar-refractivity contribution in [2.24, 2.45) is 0 Å². The standard InChI is InChI=1S/C11H15NOS/c1-8-4-5-9(2)10(6-8)7-12(3)11(13)14/h4-6H,7H2,1-3H3,(H,13,14). The number of benzene rings is 1. The van der Waals surface area contributed by atoms with Crippen molar-refractivity contribution in [3.05, 3.63) is 34.9 Å². The molecule has 1 aromatic rings. The van der Waals surface area contributed by atoms with Crippen LogP contribution in [-0.2, 0) is 6.54 Å². The third-order valence-electron chi connectivity index (χ3n) is 2.24. The van der Waals surface area contributed by atoms with Gasteiger partial charge in [-0.2, -0.15) is 0 Å². The fourth-order valence-corrected chi connectivity index (χ4v) is 1.36. The van der Waals surface area contributed by atoms with Gasteiger partial charge >= 0.3 is 0 Å². The molecule has 14 heavy (non-hydrogen) atoms. The predicted molar refractivity (Wildman–Crippen MR) is 61.8 cm³/mol. The van der Waals surface area contributed by atoms with E-state index in [1.807, 2.05) is 13.8 Å². The number of nitrogens with zero attached hydrogens (tertiary/aromatic N) is 1. The highest BCUT2D eigenvalue weighted by atomic mass is 32.1. The molecule has 0 bridgehead atoms. The molecule has 0 atom stereocenters. The summed E-state index contributed by atoms with van der Waals surface area (Å²) < 4.78 is 0. The molecule has 3 heteroatoms. The maximum absolute atomic E-state index is 10.9. The molecule has 0 fully saturated rings. The van der Waals surface area contributed by atoms with Crippen LogP contribution in [0.1, 0.15) is 16.7 Å². The Kier molecular flexibility index (Phi) is 3.58. The highest BCUT2D eigenvalue weighted by molar-refractivity contribution is 7.96. The van der Waals surface area contributed by atoms with Crippen LogP contribution < -0.4 is 0 Å². The Balaban J connectivity index is 2.85. The van der Waals surface area contributed by atoms with Gasteiger partial charge in [-0.3, -0.25) is 4.79 Å².